The van der Waals surface area contributed by atoms with Crippen LogP contribution in [0.25, 0.3) is 5.69 Å². The van der Waals surface area contributed by atoms with Crippen LogP contribution in [-0.2, 0) is 4.79 Å². The summed E-state index contributed by atoms with van der Waals surface area (Å²) in [5.74, 6) is -0.721. The molecule has 1 amide bonds. The first kappa shape index (κ1) is 16.6. The Hall–Kier alpha value is -2.21. The van der Waals surface area contributed by atoms with Gasteiger partial charge in [0.1, 0.15) is 5.82 Å². The summed E-state index contributed by atoms with van der Waals surface area (Å²) in [5, 5.41) is 17.2. The Morgan fingerprint density at radius 1 is 1.38 bits per heavy atom. The zero-order valence-corrected chi connectivity index (χ0v) is 13.9. The predicted molar refractivity (Wildman–Crippen MR) is 88.2 cm³/mol. The van der Waals surface area contributed by atoms with E-state index in [0.717, 1.165) is 29.8 Å². The van der Waals surface area contributed by atoms with Gasteiger partial charge in [0, 0.05) is 11.3 Å². The molecular formula is C18H22FN3O2. The molecule has 1 heterocycles. The SMILES string of the molecule is Cc1c(C(C)NC(=O)C2CCCC2O)cnn1-c1ccc(F)cc1. The van der Waals surface area contributed by atoms with Crippen molar-refractivity contribution >= 4 is 5.91 Å². The molecular weight excluding hydrogens is 309 g/mol. The maximum atomic E-state index is 13.1. The van der Waals surface area contributed by atoms with E-state index < -0.39 is 6.10 Å². The smallest absolute Gasteiger partial charge is 0.226 e. The predicted octanol–water partition coefficient (Wildman–Crippen LogP) is 2.66. The van der Waals surface area contributed by atoms with Gasteiger partial charge in [-0.05, 0) is 57.4 Å². The van der Waals surface area contributed by atoms with Crippen molar-refractivity contribution in [1.82, 2.24) is 15.1 Å². The number of aromatic nitrogens is 2. The fourth-order valence-electron chi connectivity index (χ4n) is 3.33. The van der Waals surface area contributed by atoms with Crippen LogP contribution in [0.3, 0.4) is 0 Å². The van der Waals surface area contributed by atoms with E-state index in [1.165, 1.54) is 12.1 Å². The second-order valence-corrected chi connectivity index (χ2v) is 6.41. The number of rotatable bonds is 4. The quantitative estimate of drug-likeness (QED) is 0.905. The first-order valence-corrected chi connectivity index (χ1v) is 8.26. The number of benzene rings is 1. The fourth-order valence-corrected chi connectivity index (χ4v) is 3.33. The Morgan fingerprint density at radius 3 is 2.71 bits per heavy atom. The molecule has 3 rings (SSSR count). The molecule has 6 heteroatoms. The third-order valence-electron chi connectivity index (χ3n) is 4.76. The van der Waals surface area contributed by atoms with Crippen LogP contribution in [0.5, 0.6) is 0 Å². The molecule has 1 aromatic heterocycles. The number of nitrogens with zero attached hydrogens (tertiary/aromatic N) is 2. The zero-order valence-electron chi connectivity index (χ0n) is 13.9. The summed E-state index contributed by atoms with van der Waals surface area (Å²) in [7, 11) is 0. The molecule has 1 aromatic carbocycles. The summed E-state index contributed by atoms with van der Waals surface area (Å²) >= 11 is 0. The van der Waals surface area contributed by atoms with Crippen LogP contribution in [0.4, 0.5) is 4.39 Å². The van der Waals surface area contributed by atoms with Crippen LogP contribution in [0, 0.1) is 18.7 Å². The number of aliphatic hydroxyl groups is 1. The van der Waals surface area contributed by atoms with Gasteiger partial charge < -0.3 is 10.4 Å². The number of carbonyl (C=O) groups is 1. The van der Waals surface area contributed by atoms with Crippen molar-refractivity contribution in [3.8, 4) is 5.69 Å². The third kappa shape index (κ3) is 3.19. The van der Waals surface area contributed by atoms with Gasteiger partial charge in [-0.15, -0.1) is 0 Å². The summed E-state index contributed by atoms with van der Waals surface area (Å²) < 4.78 is 14.8. The largest absolute Gasteiger partial charge is 0.392 e. The van der Waals surface area contributed by atoms with Crippen molar-refractivity contribution in [2.24, 2.45) is 5.92 Å². The lowest BCUT2D eigenvalue weighted by Gasteiger charge is -2.19. The highest BCUT2D eigenvalue weighted by Crippen LogP contribution is 2.27. The molecule has 2 aromatic rings. The normalized spacial score (nSPS) is 21.7. The van der Waals surface area contributed by atoms with Gasteiger partial charge in [-0.1, -0.05) is 0 Å². The molecule has 0 radical (unpaired) electrons. The molecule has 0 bridgehead atoms. The lowest BCUT2D eigenvalue weighted by molar-refractivity contribution is -0.128. The van der Waals surface area contributed by atoms with Gasteiger partial charge in [-0.3, -0.25) is 4.79 Å². The molecule has 1 fully saturated rings. The molecule has 24 heavy (non-hydrogen) atoms. The molecule has 1 aliphatic rings. The van der Waals surface area contributed by atoms with Gasteiger partial charge in [0.25, 0.3) is 0 Å². The molecule has 3 atom stereocenters. The van der Waals surface area contributed by atoms with Crippen LogP contribution < -0.4 is 5.32 Å². The molecule has 3 unspecified atom stereocenters. The molecule has 1 saturated carbocycles. The van der Waals surface area contributed by atoms with Crippen molar-refractivity contribution in [3.63, 3.8) is 0 Å². The summed E-state index contributed by atoms with van der Waals surface area (Å²) in [6, 6.07) is 5.90. The van der Waals surface area contributed by atoms with E-state index in [0.29, 0.717) is 6.42 Å². The minimum atomic E-state index is -0.541. The monoisotopic (exact) mass is 331 g/mol. The van der Waals surface area contributed by atoms with Crippen molar-refractivity contribution < 1.29 is 14.3 Å². The lowest BCUT2D eigenvalue weighted by Crippen LogP contribution is -2.36. The number of hydrogen-bond acceptors (Lipinski definition) is 3. The summed E-state index contributed by atoms with van der Waals surface area (Å²) in [4.78, 5) is 12.3. The van der Waals surface area contributed by atoms with E-state index in [4.69, 9.17) is 0 Å². The summed E-state index contributed by atoms with van der Waals surface area (Å²) in [6.07, 6.45) is 3.48. The highest BCUT2D eigenvalue weighted by atomic mass is 19.1. The topological polar surface area (TPSA) is 67.2 Å². The molecule has 0 spiro atoms. The number of aliphatic hydroxyl groups excluding tert-OH is 1. The van der Waals surface area contributed by atoms with Crippen LogP contribution in [0.15, 0.2) is 30.5 Å². The number of hydrogen-bond donors (Lipinski definition) is 2. The van der Waals surface area contributed by atoms with Crippen molar-refractivity contribution in [3.05, 3.63) is 47.5 Å². The Kier molecular flexibility index (Phi) is 4.66. The minimum absolute atomic E-state index is 0.110. The summed E-state index contributed by atoms with van der Waals surface area (Å²) in [6.45, 7) is 3.82. The maximum Gasteiger partial charge on any atom is 0.226 e. The molecule has 1 aliphatic carbocycles. The number of amides is 1. The van der Waals surface area contributed by atoms with E-state index in [1.807, 2.05) is 13.8 Å². The highest BCUT2D eigenvalue weighted by Gasteiger charge is 2.32. The number of halogens is 1. The third-order valence-corrected chi connectivity index (χ3v) is 4.76. The Balaban J connectivity index is 1.75. The molecule has 128 valence electrons. The van der Waals surface area contributed by atoms with E-state index in [-0.39, 0.29) is 23.7 Å². The molecule has 0 saturated heterocycles. The van der Waals surface area contributed by atoms with Gasteiger partial charge in [0.15, 0.2) is 0 Å². The standard InChI is InChI=1S/C18H22FN3O2/c1-11(21-18(24)15-4-3-5-17(15)23)16-10-20-22(12(16)2)14-8-6-13(19)7-9-14/h6-11,15,17,23H,3-5H2,1-2H3,(H,21,24). The van der Waals surface area contributed by atoms with Crippen molar-refractivity contribution in [1.29, 1.82) is 0 Å². The highest BCUT2D eigenvalue weighted by molar-refractivity contribution is 5.80. The van der Waals surface area contributed by atoms with Crippen molar-refractivity contribution in [2.75, 3.05) is 0 Å². The van der Waals surface area contributed by atoms with Gasteiger partial charge >= 0.3 is 0 Å². The van der Waals surface area contributed by atoms with Gasteiger partial charge in [-0.2, -0.15) is 5.10 Å². The molecule has 0 aliphatic heterocycles. The van der Waals surface area contributed by atoms with E-state index in [2.05, 4.69) is 10.4 Å². The summed E-state index contributed by atoms with van der Waals surface area (Å²) in [5.41, 5.74) is 2.56. The van der Waals surface area contributed by atoms with Crippen molar-refractivity contribution in [2.45, 2.75) is 45.3 Å². The second-order valence-electron chi connectivity index (χ2n) is 6.41. The molecule has 5 nitrogen and oxygen atoms in total. The Bertz CT molecular complexity index is 726. The van der Waals surface area contributed by atoms with Gasteiger partial charge in [0.05, 0.1) is 29.9 Å². The van der Waals surface area contributed by atoms with Crippen LogP contribution in [0.1, 0.15) is 43.5 Å². The fraction of sp³-hybridized carbons (Fsp3) is 0.444. The zero-order chi connectivity index (χ0) is 17.3. The average Bonchev–Trinajstić information content (AvgIpc) is 3.14. The second kappa shape index (κ2) is 6.73. The lowest BCUT2D eigenvalue weighted by atomic mass is 10.0. The van der Waals surface area contributed by atoms with E-state index in [9.17, 15) is 14.3 Å². The Labute approximate surface area is 140 Å². The van der Waals surface area contributed by atoms with E-state index in [1.54, 1.807) is 23.0 Å². The first-order chi connectivity index (χ1) is 11.5. The maximum absolute atomic E-state index is 13.1. The Morgan fingerprint density at radius 2 is 2.08 bits per heavy atom. The number of nitrogens with one attached hydrogen (secondary N) is 1. The molecule has 2 N–H and O–H groups in total. The van der Waals surface area contributed by atoms with Crippen LogP contribution in [0.2, 0.25) is 0 Å². The minimum Gasteiger partial charge on any atom is -0.392 e. The first-order valence-electron chi connectivity index (χ1n) is 8.26. The van der Waals surface area contributed by atoms with E-state index >= 15 is 0 Å². The van der Waals surface area contributed by atoms with Crippen LogP contribution in [-0.4, -0.2) is 26.9 Å². The number of carbonyl (C=O) groups excluding carboxylic acids is 1. The average molecular weight is 331 g/mol. The van der Waals surface area contributed by atoms with Gasteiger partial charge in [-0.25, -0.2) is 9.07 Å². The van der Waals surface area contributed by atoms with Crippen LogP contribution >= 0.6 is 0 Å². The van der Waals surface area contributed by atoms with Gasteiger partial charge in [0.2, 0.25) is 5.91 Å².